The van der Waals surface area contributed by atoms with Gasteiger partial charge >= 0.3 is 0 Å². The standard InChI is InChI=1S/C10H12N2O2/c1-4-8-6-5-7-9(12(13)14)10(8)11(2)3/h4-7H,1H2,2-3H3. The lowest BCUT2D eigenvalue weighted by Crippen LogP contribution is -2.12. The third-order valence-corrected chi connectivity index (χ3v) is 1.91. The van der Waals surface area contributed by atoms with E-state index < -0.39 is 0 Å². The van der Waals surface area contributed by atoms with Gasteiger partial charge in [0.1, 0.15) is 5.69 Å². The average molecular weight is 192 g/mol. The van der Waals surface area contributed by atoms with E-state index in [0.29, 0.717) is 5.69 Å². The molecule has 0 spiro atoms. The number of benzene rings is 1. The smallest absolute Gasteiger partial charge is 0.293 e. The van der Waals surface area contributed by atoms with Gasteiger partial charge in [0, 0.05) is 25.7 Å². The topological polar surface area (TPSA) is 46.4 Å². The molecule has 0 amide bonds. The van der Waals surface area contributed by atoms with Crippen molar-refractivity contribution in [3.05, 3.63) is 40.5 Å². The third kappa shape index (κ3) is 1.74. The predicted molar refractivity (Wildman–Crippen MR) is 57.5 cm³/mol. The summed E-state index contributed by atoms with van der Waals surface area (Å²) < 4.78 is 0. The highest BCUT2D eigenvalue weighted by atomic mass is 16.6. The van der Waals surface area contributed by atoms with Crippen molar-refractivity contribution in [3.8, 4) is 0 Å². The van der Waals surface area contributed by atoms with Gasteiger partial charge in [-0.25, -0.2) is 0 Å². The molecule has 4 heteroatoms. The summed E-state index contributed by atoms with van der Waals surface area (Å²) in [6.07, 6.45) is 1.61. The zero-order chi connectivity index (χ0) is 10.7. The summed E-state index contributed by atoms with van der Waals surface area (Å²) in [5, 5.41) is 10.7. The van der Waals surface area contributed by atoms with Gasteiger partial charge < -0.3 is 4.90 Å². The second-order valence-corrected chi connectivity index (χ2v) is 3.07. The van der Waals surface area contributed by atoms with E-state index in [1.54, 1.807) is 37.2 Å². The molecule has 0 aliphatic heterocycles. The Labute approximate surface area is 82.6 Å². The number of para-hydroxylation sites is 1. The number of anilines is 1. The molecule has 0 fully saturated rings. The van der Waals surface area contributed by atoms with E-state index in [1.807, 2.05) is 0 Å². The normalized spacial score (nSPS) is 9.57. The Hall–Kier alpha value is -1.84. The molecule has 0 aliphatic carbocycles. The Bertz CT molecular complexity index is 372. The summed E-state index contributed by atoms with van der Waals surface area (Å²) in [5.74, 6) is 0. The van der Waals surface area contributed by atoms with Gasteiger partial charge in [-0.05, 0) is 0 Å². The van der Waals surface area contributed by atoms with E-state index in [4.69, 9.17) is 0 Å². The highest BCUT2D eigenvalue weighted by Crippen LogP contribution is 2.30. The summed E-state index contributed by atoms with van der Waals surface area (Å²) >= 11 is 0. The molecule has 14 heavy (non-hydrogen) atoms. The molecule has 0 heterocycles. The minimum absolute atomic E-state index is 0.104. The van der Waals surface area contributed by atoms with E-state index in [9.17, 15) is 10.1 Å². The van der Waals surface area contributed by atoms with E-state index in [2.05, 4.69) is 6.58 Å². The summed E-state index contributed by atoms with van der Waals surface area (Å²) in [6.45, 7) is 3.63. The van der Waals surface area contributed by atoms with Crippen LogP contribution >= 0.6 is 0 Å². The van der Waals surface area contributed by atoms with Crippen LogP contribution in [0.25, 0.3) is 6.08 Å². The molecule has 1 rings (SSSR count). The van der Waals surface area contributed by atoms with E-state index in [1.165, 1.54) is 6.07 Å². The fourth-order valence-electron chi connectivity index (χ4n) is 1.35. The van der Waals surface area contributed by atoms with Gasteiger partial charge in [-0.3, -0.25) is 10.1 Å². The number of nitrogens with zero attached hydrogens (tertiary/aromatic N) is 2. The highest BCUT2D eigenvalue weighted by Gasteiger charge is 2.17. The zero-order valence-electron chi connectivity index (χ0n) is 8.23. The lowest BCUT2D eigenvalue weighted by atomic mass is 10.1. The lowest BCUT2D eigenvalue weighted by Gasteiger charge is -2.15. The number of nitro benzene ring substituents is 1. The maximum absolute atomic E-state index is 10.7. The molecule has 74 valence electrons. The van der Waals surface area contributed by atoms with E-state index in [0.717, 1.165) is 5.56 Å². The van der Waals surface area contributed by atoms with Crippen molar-refractivity contribution in [2.24, 2.45) is 0 Å². The van der Waals surface area contributed by atoms with Crippen LogP contribution in [-0.2, 0) is 0 Å². The van der Waals surface area contributed by atoms with E-state index >= 15 is 0 Å². The molecule has 0 atom stereocenters. The van der Waals surface area contributed by atoms with Gasteiger partial charge in [0.15, 0.2) is 0 Å². The van der Waals surface area contributed by atoms with Crippen LogP contribution < -0.4 is 4.90 Å². The Balaban J connectivity index is 3.43. The van der Waals surface area contributed by atoms with E-state index in [-0.39, 0.29) is 10.6 Å². The van der Waals surface area contributed by atoms with Crippen molar-refractivity contribution in [3.63, 3.8) is 0 Å². The van der Waals surface area contributed by atoms with Crippen LogP contribution in [-0.4, -0.2) is 19.0 Å². The molecule has 0 unspecified atom stereocenters. The predicted octanol–water partition coefficient (Wildman–Crippen LogP) is 2.30. The first-order valence-corrected chi connectivity index (χ1v) is 4.15. The second kappa shape index (κ2) is 3.91. The first-order valence-electron chi connectivity index (χ1n) is 4.15. The quantitative estimate of drug-likeness (QED) is 0.545. The fourth-order valence-corrected chi connectivity index (χ4v) is 1.35. The molecule has 4 nitrogen and oxygen atoms in total. The van der Waals surface area contributed by atoms with Gasteiger partial charge in [-0.15, -0.1) is 0 Å². The van der Waals surface area contributed by atoms with Crippen molar-refractivity contribution < 1.29 is 4.92 Å². The van der Waals surface area contributed by atoms with Crippen molar-refractivity contribution in [1.82, 2.24) is 0 Å². The van der Waals surface area contributed by atoms with Gasteiger partial charge in [0.25, 0.3) is 5.69 Å². The Morgan fingerprint density at radius 1 is 1.50 bits per heavy atom. The Morgan fingerprint density at radius 3 is 2.57 bits per heavy atom. The Morgan fingerprint density at radius 2 is 2.14 bits per heavy atom. The minimum atomic E-state index is -0.387. The minimum Gasteiger partial charge on any atom is -0.372 e. The van der Waals surface area contributed by atoms with Crippen LogP contribution in [0.3, 0.4) is 0 Å². The molecule has 0 saturated heterocycles. The number of rotatable bonds is 3. The molecular weight excluding hydrogens is 180 g/mol. The lowest BCUT2D eigenvalue weighted by molar-refractivity contribution is -0.384. The summed E-state index contributed by atoms with van der Waals surface area (Å²) in [7, 11) is 3.55. The van der Waals surface area contributed by atoms with Gasteiger partial charge in [-0.2, -0.15) is 0 Å². The SMILES string of the molecule is C=Cc1cccc([N+](=O)[O-])c1N(C)C. The monoisotopic (exact) mass is 192 g/mol. The van der Waals surface area contributed by atoms with Gasteiger partial charge in [0.05, 0.1) is 4.92 Å². The van der Waals surface area contributed by atoms with Crippen LogP contribution in [0.1, 0.15) is 5.56 Å². The number of hydrogen-bond acceptors (Lipinski definition) is 3. The summed E-state index contributed by atoms with van der Waals surface area (Å²) in [6, 6.07) is 4.94. The Kier molecular flexibility index (Phi) is 2.86. The summed E-state index contributed by atoms with van der Waals surface area (Å²) in [4.78, 5) is 12.1. The molecule has 0 N–H and O–H groups in total. The second-order valence-electron chi connectivity index (χ2n) is 3.07. The fraction of sp³-hybridized carbons (Fsp3) is 0.200. The molecule has 0 aliphatic rings. The van der Waals surface area contributed by atoms with Crippen LogP contribution in [0, 0.1) is 10.1 Å². The maximum Gasteiger partial charge on any atom is 0.293 e. The maximum atomic E-state index is 10.7. The third-order valence-electron chi connectivity index (χ3n) is 1.91. The van der Waals surface area contributed by atoms with Crippen LogP contribution in [0.15, 0.2) is 24.8 Å². The average Bonchev–Trinajstić information content (AvgIpc) is 2.16. The first-order chi connectivity index (χ1) is 6.57. The molecule has 1 aromatic carbocycles. The molecular formula is C10H12N2O2. The molecule has 0 bridgehead atoms. The summed E-state index contributed by atoms with van der Waals surface area (Å²) in [5.41, 5.74) is 1.46. The van der Waals surface area contributed by atoms with Gasteiger partial charge in [0.2, 0.25) is 0 Å². The van der Waals surface area contributed by atoms with Crippen LogP contribution in [0.4, 0.5) is 11.4 Å². The molecule has 1 aromatic rings. The highest BCUT2D eigenvalue weighted by molar-refractivity contribution is 5.75. The van der Waals surface area contributed by atoms with Crippen LogP contribution in [0.2, 0.25) is 0 Å². The molecule has 0 saturated carbocycles. The zero-order valence-corrected chi connectivity index (χ0v) is 8.23. The first kappa shape index (κ1) is 10.2. The van der Waals surface area contributed by atoms with Crippen molar-refractivity contribution >= 4 is 17.5 Å². The van der Waals surface area contributed by atoms with Crippen molar-refractivity contribution in [2.75, 3.05) is 19.0 Å². The van der Waals surface area contributed by atoms with Crippen molar-refractivity contribution in [2.45, 2.75) is 0 Å². The van der Waals surface area contributed by atoms with Gasteiger partial charge in [-0.1, -0.05) is 24.8 Å². The molecule has 0 aromatic heterocycles. The molecule has 0 radical (unpaired) electrons. The van der Waals surface area contributed by atoms with Crippen LogP contribution in [0.5, 0.6) is 0 Å². The number of hydrogen-bond donors (Lipinski definition) is 0. The number of nitro groups is 1. The van der Waals surface area contributed by atoms with Crippen molar-refractivity contribution in [1.29, 1.82) is 0 Å². The largest absolute Gasteiger partial charge is 0.372 e.